The molecule has 180 valence electrons. The predicted octanol–water partition coefficient (Wildman–Crippen LogP) is 3.59. The van der Waals surface area contributed by atoms with Crippen molar-refractivity contribution < 1.29 is 19.0 Å². The normalized spacial score (nSPS) is 13.6. The number of anilines is 2. The molecule has 4 aromatic rings. The fraction of sp³-hybridized carbons (Fsp3) is 0.269. The molecule has 0 spiro atoms. The second kappa shape index (κ2) is 10.0. The summed E-state index contributed by atoms with van der Waals surface area (Å²) in [5.41, 5.74) is 3.91. The molecule has 1 saturated heterocycles. The molecule has 1 fully saturated rings. The minimum absolute atomic E-state index is 0.219. The molecule has 9 nitrogen and oxygen atoms in total. The van der Waals surface area contributed by atoms with E-state index < -0.39 is 0 Å². The van der Waals surface area contributed by atoms with Crippen LogP contribution in [0, 0.1) is 0 Å². The summed E-state index contributed by atoms with van der Waals surface area (Å²) in [6, 6.07) is 15.3. The van der Waals surface area contributed by atoms with E-state index in [4.69, 9.17) is 14.2 Å². The number of hydrogen-bond acceptors (Lipinski definition) is 7. The standard InChI is InChI=1S/C26H27N5O4/c1-33-23-7-6-18(24(14-23)34-2)17-31-25-19(16-28-31)12-20(15-27-25)26(32)29-21-4-3-5-22(13-21)30-8-10-35-11-9-30/h3-7,12-16H,8-11,17H2,1-2H3,(H,29,32). The molecular formula is C26H27N5O4. The molecule has 1 amide bonds. The van der Waals surface area contributed by atoms with Gasteiger partial charge in [0.1, 0.15) is 11.5 Å². The van der Waals surface area contributed by atoms with E-state index in [-0.39, 0.29) is 5.91 Å². The number of morpholine rings is 1. The van der Waals surface area contributed by atoms with E-state index in [0.29, 0.717) is 36.7 Å². The Morgan fingerprint density at radius 3 is 2.71 bits per heavy atom. The van der Waals surface area contributed by atoms with Crippen LogP contribution in [0.1, 0.15) is 15.9 Å². The van der Waals surface area contributed by atoms with Crippen LogP contribution >= 0.6 is 0 Å². The zero-order valence-electron chi connectivity index (χ0n) is 19.7. The van der Waals surface area contributed by atoms with E-state index in [1.54, 1.807) is 37.4 Å². The van der Waals surface area contributed by atoms with E-state index in [0.717, 1.165) is 41.2 Å². The van der Waals surface area contributed by atoms with Crippen LogP contribution in [0.3, 0.4) is 0 Å². The fourth-order valence-corrected chi connectivity index (χ4v) is 4.16. The summed E-state index contributed by atoms with van der Waals surface area (Å²) in [6.07, 6.45) is 3.29. The number of rotatable bonds is 7. The Kier molecular flexibility index (Phi) is 6.49. The van der Waals surface area contributed by atoms with Crippen LogP contribution in [0.2, 0.25) is 0 Å². The SMILES string of the molecule is COc1ccc(Cn2ncc3cc(C(=O)Nc4cccc(N5CCOCC5)c4)cnc32)c(OC)c1. The van der Waals surface area contributed by atoms with E-state index >= 15 is 0 Å². The highest BCUT2D eigenvalue weighted by Crippen LogP contribution is 2.26. The van der Waals surface area contributed by atoms with Gasteiger partial charge in [-0.05, 0) is 36.4 Å². The van der Waals surface area contributed by atoms with Crippen molar-refractivity contribution in [2.24, 2.45) is 0 Å². The molecule has 0 atom stereocenters. The number of amides is 1. The first kappa shape index (κ1) is 22.7. The molecule has 0 saturated carbocycles. The van der Waals surface area contributed by atoms with Gasteiger partial charge >= 0.3 is 0 Å². The van der Waals surface area contributed by atoms with Gasteiger partial charge in [0.05, 0.1) is 45.7 Å². The number of hydrogen-bond donors (Lipinski definition) is 1. The average Bonchev–Trinajstić information content (AvgIpc) is 3.31. The summed E-state index contributed by atoms with van der Waals surface area (Å²) in [7, 11) is 3.24. The first-order chi connectivity index (χ1) is 17.1. The Morgan fingerprint density at radius 1 is 1.06 bits per heavy atom. The first-order valence-corrected chi connectivity index (χ1v) is 11.4. The number of carbonyl (C=O) groups excluding carboxylic acids is 1. The minimum atomic E-state index is -0.219. The van der Waals surface area contributed by atoms with E-state index in [9.17, 15) is 4.79 Å². The lowest BCUT2D eigenvalue weighted by Gasteiger charge is -2.29. The Morgan fingerprint density at radius 2 is 1.91 bits per heavy atom. The summed E-state index contributed by atoms with van der Waals surface area (Å²) < 4.78 is 18.0. The van der Waals surface area contributed by atoms with Crippen molar-refractivity contribution in [2.45, 2.75) is 6.54 Å². The van der Waals surface area contributed by atoms with Gasteiger partial charge in [-0.25, -0.2) is 9.67 Å². The maximum absolute atomic E-state index is 12.9. The molecule has 1 aliphatic rings. The van der Waals surface area contributed by atoms with Crippen LogP contribution in [-0.4, -0.2) is 61.2 Å². The van der Waals surface area contributed by atoms with E-state index in [1.807, 2.05) is 42.5 Å². The summed E-state index contributed by atoms with van der Waals surface area (Å²) in [4.78, 5) is 19.7. The van der Waals surface area contributed by atoms with Crippen LogP contribution in [0.5, 0.6) is 11.5 Å². The first-order valence-electron chi connectivity index (χ1n) is 11.4. The summed E-state index contributed by atoms with van der Waals surface area (Å²) in [5.74, 6) is 1.21. The highest BCUT2D eigenvalue weighted by atomic mass is 16.5. The largest absolute Gasteiger partial charge is 0.497 e. The van der Waals surface area contributed by atoms with E-state index in [2.05, 4.69) is 20.3 Å². The van der Waals surface area contributed by atoms with Gasteiger partial charge < -0.3 is 24.4 Å². The van der Waals surface area contributed by atoms with Crippen LogP contribution in [0.25, 0.3) is 11.0 Å². The van der Waals surface area contributed by atoms with Gasteiger partial charge in [0.15, 0.2) is 5.65 Å². The monoisotopic (exact) mass is 473 g/mol. The molecule has 2 aromatic heterocycles. The molecule has 0 unspecified atom stereocenters. The van der Waals surface area contributed by atoms with Crippen molar-refractivity contribution in [1.29, 1.82) is 0 Å². The van der Waals surface area contributed by atoms with Crippen molar-refractivity contribution >= 4 is 28.3 Å². The summed E-state index contributed by atoms with van der Waals surface area (Å²) in [5, 5.41) is 8.24. The quantitative estimate of drug-likeness (QED) is 0.439. The molecule has 5 rings (SSSR count). The van der Waals surface area contributed by atoms with Crippen molar-refractivity contribution in [3.8, 4) is 11.5 Å². The third-order valence-corrected chi connectivity index (χ3v) is 6.03. The van der Waals surface area contributed by atoms with Crippen molar-refractivity contribution in [3.05, 3.63) is 72.1 Å². The van der Waals surface area contributed by atoms with Gasteiger partial charge in [-0.1, -0.05) is 6.07 Å². The van der Waals surface area contributed by atoms with Gasteiger partial charge in [0, 0.05) is 47.7 Å². The van der Waals surface area contributed by atoms with Crippen LogP contribution in [-0.2, 0) is 11.3 Å². The zero-order valence-corrected chi connectivity index (χ0v) is 19.7. The number of ether oxygens (including phenoxy) is 3. The summed E-state index contributed by atoms with van der Waals surface area (Å²) in [6.45, 7) is 3.57. The van der Waals surface area contributed by atoms with Gasteiger partial charge in [-0.3, -0.25) is 4.79 Å². The topological polar surface area (TPSA) is 90.7 Å². The second-order valence-electron chi connectivity index (χ2n) is 8.22. The highest BCUT2D eigenvalue weighted by Gasteiger charge is 2.15. The Bertz CT molecular complexity index is 1350. The van der Waals surface area contributed by atoms with Crippen LogP contribution in [0.15, 0.2) is 60.9 Å². The molecule has 2 aromatic carbocycles. The number of carbonyl (C=O) groups is 1. The third-order valence-electron chi connectivity index (χ3n) is 6.03. The molecule has 1 N–H and O–H groups in total. The predicted molar refractivity (Wildman–Crippen MR) is 134 cm³/mol. The molecule has 0 radical (unpaired) electrons. The number of fused-ring (bicyclic) bond motifs is 1. The fourth-order valence-electron chi connectivity index (χ4n) is 4.16. The zero-order chi connectivity index (χ0) is 24.2. The smallest absolute Gasteiger partial charge is 0.257 e. The van der Waals surface area contributed by atoms with Crippen molar-refractivity contribution in [1.82, 2.24) is 14.8 Å². The third kappa shape index (κ3) is 4.90. The molecule has 9 heteroatoms. The lowest BCUT2D eigenvalue weighted by Crippen LogP contribution is -2.36. The van der Waals surface area contributed by atoms with E-state index in [1.165, 1.54) is 0 Å². The Balaban J connectivity index is 1.32. The van der Waals surface area contributed by atoms with Crippen LogP contribution < -0.4 is 19.7 Å². The highest BCUT2D eigenvalue weighted by molar-refractivity contribution is 6.05. The molecule has 0 aliphatic carbocycles. The molecule has 1 aliphatic heterocycles. The number of methoxy groups -OCH3 is 2. The number of nitrogens with one attached hydrogen (secondary N) is 1. The molecule has 3 heterocycles. The van der Waals surface area contributed by atoms with Gasteiger partial charge in [0.2, 0.25) is 0 Å². The minimum Gasteiger partial charge on any atom is -0.497 e. The number of pyridine rings is 1. The van der Waals surface area contributed by atoms with Crippen molar-refractivity contribution in [3.63, 3.8) is 0 Å². The average molecular weight is 474 g/mol. The lowest BCUT2D eigenvalue weighted by atomic mass is 10.2. The van der Waals surface area contributed by atoms with Gasteiger partial charge in [-0.15, -0.1) is 0 Å². The Hall–Kier alpha value is -4.11. The Labute approximate surface area is 203 Å². The maximum Gasteiger partial charge on any atom is 0.257 e. The molecular weight excluding hydrogens is 446 g/mol. The van der Waals surface area contributed by atoms with Crippen molar-refractivity contribution in [2.75, 3.05) is 50.7 Å². The van der Waals surface area contributed by atoms with Gasteiger partial charge in [-0.2, -0.15) is 5.10 Å². The maximum atomic E-state index is 12.9. The number of aromatic nitrogens is 3. The van der Waals surface area contributed by atoms with Crippen LogP contribution in [0.4, 0.5) is 11.4 Å². The lowest BCUT2D eigenvalue weighted by molar-refractivity contribution is 0.102. The number of benzene rings is 2. The molecule has 35 heavy (non-hydrogen) atoms. The second-order valence-corrected chi connectivity index (χ2v) is 8.22. The molecule has 0 bridgehead atoms. The summed E-state index contributed by atoms with van der Waals surface area (Å²) >= 11 is 0. The number of nitrogens with zero attached hydrogens (tertiary/aromatic N) is 4. The van der Waals surface area contributed by atoms with Gasteiger partial charge in [0.25, 0.3) is 5.91 Å².